The molecule has 132 valence electrons. The number of carbonyl (C=O) groups excluding carboxylic acids is 2. The van der Waals surface area contributed by atoms with Crippen LogP contribution in [0.2, 0.25) is 0 Å². The zero-order valence-electron chi connectivity index (χ0n) is 14.5. The maximum Gasteiger partial charge on any atom is 0.294 e. The first kappa shape index (κ1) is 16.4. The van der Waals surface area contributed by atoms with Crippen molar-refractivity contribution in [3.8, 4) is 11.5 Å². The molecule has 1 aliphatic heterocycles. The van der Waals surface area contributed by atoms with E-state index >= 15 is 0 Å². The smallest absolute Gasteiger partial charge is 0.294 e. The maximum atomic E-state index is 12.7. The van der Waals surface area contributed by atoms with Crippen molar-refractivity contribution in [1.29, 1.82) is 0 Å². The van der Waals surface area contributed by atoms with E-state index in [2.05, 4.69) is 12.1 Å². The predicted molar refractivity (Wildman–Crippen MR) is 97.9 cm³/mol. The highest BCUT2D eigenvalue weighted by molar-refractivity contribution is 6.07. The number of anilines is 1. The number of hydrogen-bond acceptors (Lipinski definition) is 4. The van der Waals surface area contributed by atoms with Crippen LogP contribution in [0.3, 0.4) is 0 Å². The second-order valence-electron chi connectivity index (χ2n) is 6.47. The average Bonchev–Trinajstić information content (AvgIpc) is 3.47. The molecule has 5 nitrogen and oxygen atoms in total. The van der Waals surface area contributed by atoms with Crippen molar-refractivity contribution < 1.29 is 19.1 Å². The van der Waals surface area contributed by atoms with E-state index in [1.807, 2.05) is 12.1 Å². The quantitative estimate of drug-likeness (QED) is 0.746. The molecule has 0 bridgehead atoms. The zero-order chi connectivity index (χ0) is 18.1. The molecule has 0 spiro atoms. The van der Waals surface area contributed by atoms with Gasteiger partial charge < -0.3 is 14.4 Å². The van der Waals surface area contributed by atoms with Gasteiger partial charge in [-0.2, -0.15) is 0 Å². The molecular formula is C21H19NO4. The lowest BCUT2D eigenvalue weighted by Gasteiger charge is -2.18. The van der Waals surface area contributed by atoms with Crippen LogP contribution in [0.25, 0.3) is 0 Å². The fourth-order valence-electron chi connectivity index (χ4n) is 3.10. The molecule has 1 amide bonds. The molecule has 0 atom stereocenters. The largest absolute Gasteiger partial charge is 0.496 e. The summed E-state index contributed by atoms with van der Waals surface area (Å²) in [4.78, 5) is 25.3. The van der Waals surface area contributed by atoms with E-state index in [-0.39, 0.29) is 5.91 Å². The summed E-state index contributed by atoms with van der Waals surface area (Å²) in [5, 5.41) is 0. The molecule has 0 saturated heterocycles. The molecule has 26 heavy (non-hydrogen) atoms. The van der Waals surface area contributed by atoms with Crippen molar-refractivity contribution in [3.05, 3.63) is 65.4 Å². The van der Waals surface area contributed by atoms with Crippen LogP contribution in [0.4, 0.5) is 5.69 Å². The number of aldehydes is 1. The minimum absolute atomic E-state index is 0.211. The Bertz CT molecular complexity index is 881. The van der Waals surface area contributed by atoms with Crippen LogP contribution in [0, 0.1) is 0 Å². The van der Waals surface area contributed by atoms with E-state index in [1.165, 1.54) is 25.5 Å². The van der Waals surface area contributed by atoms with E-state index < -0.39 is 0 Å². The monoisotopic (exact) mass is 349 g/mol. The number of benzene rings is 2. The molecule has 2 aromatic rings. The van der Waals surface area contributed by atoms with E-state index in [0.29, 0.717) is 41.0 Å². The molecule has 1 heterocycles. The molecule has 2 aliphatic rings. The van der Waals surface area contributed by atoms with Crippen molar-refractivity contribution in [3.63, 3.8) is 0 Å². The summed E-state index contributed by atoms with van der Waals surface area (Å²) < 4.78 is 11.0. The van der Waals surface area contributed by atoms with Crippen LogP contribution in [0.5, 0.6) is 11.5 Å². The lowest BCUT2D eigenvalue weighted by molar-refractivity contribution is -0.116. The number of amides is 1. The maximum absolute atomic E-state index is 12.7. The van der Waals surface area contributed by atoms with Crippen LogP contribution in [0.1, 0.15) is 34.7 Å². The standard InChI is InChI=1S/C21H19NO4/c1-25-20-12-17(7-4-16(20)13-23)22-11-10-19(21(22)24)26-18-8-5-15(6-9-18)14-2-3-14/h4-10,12-14H,2-3,11H2,1H3. The van der Waals surface area contributed by atoms with Crippen molar-refractivity contribution in [2.75, 3.05) is 18.6 Å². The molecule has 1 fully saturated rings. The summed E-state index contributed by atoms with van der Waals surface area (Å²) in [7, 11) is 1.50. The highest BCUT2D eigenvalue weighted by atomic mass is 16.5. The molecule has 0 unspecified atom stereocenters. The molecule has 1 saturated carbocycles. The first-order valence-electron chi connectivity index (χ1n) is 8.62. The van der Waals surface area contributed by atoms with E-state index in [1.54, 1.807) is 29.2 Å². The number of nitrogens with zero attached hydrogens (tertiary/aromatic N) is 1. The first-order chi connectivity index (χ1) is 12.7. The summed E-state index contributed by atoms with van der Waals surface area (Å²) in [6, 6.07) is 13.0. The summed E-state index contributed by atoms with van der Waals surface area (Å²) >= 11 is 0. The van der Waals surface area contributed by atoms with Gasteiger partial charge in [0, 0.05) is 18.3 Å². The second-order valence-corrected chi connectivity index (χ2v) is 6.47. The number of hydrogen-bond donors (Lipinski definition) is 0. The molecule has 1 aliphatic carbocycles. The molecule has 0 N–H and O–H groups in total. The van der Waals surface area contributed by atoms with Gasteiger partial charge in [-0.3, -0.25) is 9.59 Å². The summed E-state index contributed by atoms with van der Waals surface area (Å²) in [5.74, 6) is 1.89. The normalized spacial score (nSPS) is 16.4. The van der Waals surface area contributed by atoms with E-state index in [0.717, 1.165) is 6.29 Å². The van der Waals surface area contributed by atoms with Crippen LogP contribution in [0.15, 0.2) is 54.3 Å². The van der Waals surface area contributed by atoms with Crippen molar-refractivity contribution in [1.82, 2.24) is 0 Å². The third kappa shape index (κ3) is 3.08. The van der Waals surface area contributed by atoms with Crippen LogP contribution in [-0.2, 0) is 4.79 Å². The number of rotatable bonds is 6. The van der Waals surface area contributed by atoms with Gasteiger partial charge in [0.05, 0.1) is 12.7 Å². The van der Waals surface area contributed by atoms with Crippen molar-refractivity contribution >= 4 is 17.9 Å². The number of ether oxygens (including phenoxy) is 2. The predicted octanol–water partition coefficient (Wildman–Crippen LogP) is 3.69. The topological polar surface area (TPSA) is 55.8 Å². The summed E-state index contributed by atoms with van der Waals surface area (Å²) in [5.41, 5.74) is 2.44. The van der Waals surface area contributed by atoms with Gasteiger partial charge in [0.15, 0.2) is 12.0 Å². The minimum Gasteiger partial charge on any atom is -0.496 e. The summed E-state index contributed by atoms with van der Waals surface area (Å²) in [6.45, 7) is 0.415. The van der Waals surface area contributed by atoms with Gasteiger partial charge in [-0.15, -0.1) is 0 Å². The SMILES string of the molecule is COc1cc(N2CC=C(Oc3ccc(C4CC4)cc3)C2=O)ccc1C=O. The lowest BCUT2D eigenvalue weighted by atomic mass is 10.1. The summed E-state index contributed by atoms with van der Waals surface area (Å²) in [6.07, 6.45) is 5.00. The third-order valence-corrected chi connectivity index (χ3v) is 4.73. The van der Waals surface area contributed by atoms with Gasteiger partial charge >= 0.3 is 0 Å². The molecule has 5 heteroatoms. The average molecular weight is 349 g/mol. The van der Waals surface area contributed by atoms with Crippen molar-refractivity contribution in [2.45, 2.75) is 18.8 Å². The Hall–Kier alpha value is -3.08. The number of methoxy groups -OCH3 is 1. The van der Waals surface area contributed by atoms with E-state index in [4.69, 9.17) is 9.47 Å². The Morgan fingerprint density at radius 3 is 2.54 bits per heavy atom. The fourth-order valence-corrected chi connectivity index (χ4v) is 3.10. The molecule has 0 radical (unpaired) electrons. The Balaban J connectivity index is 1.47. The van der Waals surface area contributed by atoms with Gasteiger partial charge in [0.2, 0.25) is 0 Å². The van der Waals surface area contributed by atoms with Gasteiger partial charge in [-0.25, -0.2) is 0 Å². The molecular weight excluding hydrogens is 330 g/mol. The van der Waals surface area contributed by atoms with Gasteiger partial charge in [0.25, 0.3) is 5.91 Å². The van der Waals surface area contributed by atoms with Crippen LogP contribution >= 0.6 is 0 Å². The van der Waals surface area contributed by atoms with Gasteiger partial charge in [0.1, 0.15) is 11.5 Å². The second kappa shape index (κ2) is 6.67. The molecule has 4 rings (SSSR count). The highest BCUT2D eigenvalue weighted by Gasteiger charge is 2.28. The zero-order valence-corrected chi connectivity index (χ0v) is 14.5. The molecule has 2 aromatic carbocycles. The van der Waals surface area contributed by atoms with Gasteiger partial charge in [-0.1, -0.05) is 12.1 Å². The Morgan fingerprint density at radius 1 is 1.12 bits per heavy atom. The Kier molecular flexibility index (Phi) is 4.21. The Morgan fingerprint density at radius 2 is 1.88 bits per heavy atom. The highest BCUT2D eigenvalue weighted by Crippen LogP contribution is 2.40. The minimum atomic E-state index is -0.211. The third-order valence-electron chi connectivity index (χ3n) is 4.73. The number of carbonyl (C=O) groups is 2. The lowest BCUT2D eigenvalue weighted by Crippen LogP contribution is -2.27. The Labute approximate surface area is 151 Å². The van der Waals surface area contributed by atoms with Gasteiger partial charge in [-0.05, 0) is 54.7 Å². The van der Waals surface area contributed by atoms with Crippen molar-refractivity contribution in [2.24, 2.45) is 0 Å². The molecule has 0 aromatic heterocycles. The van der Waals surface area contributed by atoms with E-state index in [9.17, 15) is 9.59 Å². The first-order valence-corrected chi connectivity index (χ1v) is 8.62. The van der Waals surface area contributed by atoms with Crippen LogP contribution < -0.4 is 14.4 Å². The fraction of sp³-hybridized carbons (Fsp3) is 0.238. The van der Waals surface area contributed by atoms with Crippen LogP contribution in [-0.4, -0.2) is 25.8 Å².